The molecule has 3 aromatic rings. The second-order valence-corrected chi connectivity index (χ2v) is 6.97. The van der Waals surface area contributed by atoms with Gasteiger partial charge in [-0.3, -0.25) is 4.79 Å². The number of benzene rings is 2. The van der Waals surface area contributed by atoms with Gasteiger partial charge in [0.15, 0.2) is 5.69 Å². The van der Waals surface area contributed by atoms with Crippen molar-refractivity contribution in [1.82, 2.24) is 9.47 Å². The van der Waals surface area contributed by atoms with Gasteiger partial charge in [-0.05, 0) is 31.3 Å². The van der Waals surface area contributed by atoms with Gasteiger partial charge in [-0.15, -0.1) is 10.2 Å². The van der Waals surface area contributed by atoms with Crippen LogP contribution in [-0.2, 0) is 6.54 Å². The Balaban J connectivity index is 1.93. The van der Waals surface area contributed by atoms with Crippen LogP contribution in [0.3, 0.4) is 0 Å². The predicted octanol–water partition coefficient (Wildman–Crippen LogP) is 4.63. The lowest BCUT2D eigenvalue weighted by atomic mass is 10.2. The maximum absolute atomic E-state index is 12.6. The molecule has 8 heteroatoms. The Kier molecular flexibility index (Phi) is 7.25. The van der Waals surface area contributed by atoms with Crippen molar-refractivity contribution in [3.8, 4) is 17.4 Å². The first-order valence-electron chi connectivity index (χ1n) is 10.2. The second-order valence-electron chi connectivity index (χ2n) is 6.97. The summed E-state index contributed by atoms with van der Waals surface area (Å²) in [5.41, 5.74) is 1.40. The molecular formula is C23H28N4O4. The number of hydrogen-bond donors (Lipinski definition) is 1. The van der Waals surface area contributed by atoms with Crippen LogP contribution in [0.4, 0.5) is 5.69 Å². The first-order valence-corrected chi connectivity index (χ1v) is 10.2. The molecule has 0 saturated carbocycles. The summed E-state index contributed by atoms with van der Waals surface area (Å²) < 4.78 is 12.2. The van der Waals surface area contributed by atoms with Crippen LogP contribution in [0.15, 0.2) is 52.7 Å². The monoisotopic (exact) mass is 424 g/mol. The molecular weight excluding hydrogens is 396 g/mol. The van der Waals surface area contributed by atoms with Gasteiger partial charge in [-0.25, -0.2) is 0 Å². The second kappa shape index (κ2) is 10.1. The third-order valence-electron chi connectivity index (χ3n) is 5.29. The highest BCUT2D eigenvalue weighted by Gasteiger charge is 2.17. The standard InChI is InChI=1S/C23H28N4O4/c1-5-26(6-2)11-12-27-20-10-8-7-9-19(20)21(23(27)29)24-25-22(28)16-13-17(30-3)15-18(14-16)31-4/h7-10,13-15,29H,5-6,11-12H2,1-4H3. The molecule has 0 unspecified atom stereocenters. The quantitative estimate of drug-likeness (QED) is 0.506. The Morgan fingerprint density at radius 3 is 2.32 bits per heavy atom. The molecule has 0 bridgehead atoms. The van der Waals surface area contributed by atoms with E-state index in [9.17, 15) is 9.90 Å². The third kappa shape index (κ3) is 4.86. The molecule has 0 aliphatic rings. The molecule has 0 spiro atoms. The summed E-state index contributed by atoms with van der Waals surface area (Å²) in [6.45, 7) is 7.47. The van der Waals surface area contributed by atoms with Gasteiger partial charge >= 0.3 is 0 Å². The average molecular weight is 425 g/mol. The maximum atomic E-state index is 12.6. The number of aromatic hydroxyl groups is 1. The number of azo groups is 1. The molecule has 0 radical (unpaired) electrons. The lowest BCUT2D eigenvalue weighted by Crippen LogP contribution is -2.26. The topological polar surface area (TPSA) is 88.7 Å². The summed E-state index contributed by atoms with van der Waals surface area (Å²) >= 11 is 0. The minimum atomic E-state index is -0.559. The van der Waals surface area contributed by atoms with E-state index in [-0.39, 0.29) is 17.1 Å². The number of para-hydroxylation sites is 1. The smallest absolute Gasteiger partial charge is 0.295 e. The van der Waals surface area contributed by atoms with Crippen LogP contribution in [0.1, 0.15) is 24.2 Å². The molecule has 164 valence electrons. The zero-order chi connectivity index (χ0) is 22.4. The number of carbonyl (C=O) groups excluding carboxylic acids is 1. The zero-order valence-electron chi connectivity index (χ0n) is 18.3. The van der Waals surface area contributed by atoms with Gasteiger partial charge in [0, 0.05) is 24.5 Å². The fraction of sp³-hybridized carbons (Fsp3) is 0.348. The van der Waals surface area contributed by atoms with Gasteiger partial charge in [-0.1, -0.05) is 32.0 Å². The van der Waals surface area contributed by atoms with E-state index in [4.69, 9.17) is 9.47 Å². The largest absolute Gasteiger partial charge is 0.497 e. The third-order valence-corrected chi connectivity index (χ3v) is 5.29. The zero-order valence-corrected chi connectivity index (χ0v) is 18.3. The molecule has 1 amide bonds. The van der Waals surface area contributed by atoms with Gasteiger partial charge in [0.25, 0.3) is 5.91 Å². The van der Waals surface area contributed by atoms with Gasteiger partial charge in [-0.2, -0.15) is 0 Å². The van der Waals surface area contributed by atoms with Gasteiger partial charge in [0.2, 0.25) is 5.88 Å². The van der Waals surface area contributed by atoms with Crippen LogP contribution in [0.5, 0.6) is 17.4 Å². The molecule has 1 aromatic heterocycles. The maximum Gasteiger partial charge on any atom is 0.295 e. The normalized spacial score (nSPS) is 11.5. The van der Waals surface area contributed by atoms with E-state index >= 15 is 0 Å². The van der Waals surface area contributed by atoms with Crippen molar-refractivity contribution in [2.24, 2.45) is 10.2 Å². The van der Waals surface area contributed by atoms with Crippen LogP contribution in [0, 0.1) is 0 Å². The number of aromatic nitrogens is 1. The number of carbonyl (C=O) groups is 1. The molecule has 3 rings (SSSR count). The number of methoxy groups -OCH3 is 2. The highest BCUT2D eigenvalue weighted by Crippen LogP contribution is 2.39. The molecule has 31 heavy (non-hydrogen) atoms. The van der Waals surface area contributed by atoms with Crippen LogP contribution in [0.2, 0.25) is 0 Å². The van der Waals surface area contributed by atoms with Crippen molar-refractivity contribution < 1.29 is 19.4 Å². The molecule has 1 N–H and O–H groups in total. The highest BCUT2D eigenvalue weighted by molar-refractivity contribution is 5.97. The van der Waals surface area contributed by atoms with E-state index in [0.717, 1.165) is 30.5 Å². The summed E-state index contributed by atoms with van der Waals surface area (Å²) in [7, 11) is 3.02. The van der Waals surface area contributed by atoms with Gasteiger partial charge in [0.05, 0.1) is 25.3 Å². The lowest BCUT2D eigenvalue weighted by molar-refractivity contribution is 0.0994. The van der Waals surface area contributed by atoms with E-state index in [1.54, 1.807) is 22.8 Å². The summed E-state index contributed by atoms with van der Waals surface area (Å²) in [4.78, 5) is 14.9. The number of fused-ring (bicyclic) bond motifs is 1. The Morgan fingerprint density at radius 2 is 1.71 bits per heavy atom. The van der Waals surface area contributed by atoms with Crippen molar-refractivity contribution in [1.29, 1.82) is 0 Å². The van der Waals surface area contributed by atoms with Crippen molar-refractivity contribution in [2.45, 2.75) is 20.4 Å². The number of likely N-dealkylation sites (N-methyl/N-ethyl adjacent to an activating group) is 1. The number of rotatable bonds is 9. The van der Waals surface area contributed by atoms with E-state index in [2.05, 4.69) is 29.0 Å². The Labute approximate surface area is 181 Å². The molecule has 0 saturated heterocycles. The molecule has 0 aliphatic carbocycles. The number of ether oxygens (including phenoxy) is 2. The Morgan fingerprint density at radius 1 is 1.06 bits per heavy atom. The lowest BCUT2D eigenvalue weighted by Gasteiger charge is -2.18. The number of nitrogens with zero attached hydrogens (tertiary/aromatic N) is 4. The number of amides is 1. The molecule has 2 aromatic carbocycles. The highest BCUT2D eigenvalue weighted by atomic mass is 16.5. The average Bonchev–Trinajstić information content (AvgIpc) is 3.08. The fourth-order valence-corrected chi connectivity index (χ4v) is 3.46. The SMILES string of the molecule is CCN(CC)CCn1c(O)c(N=NC(=O)c2cc(OC)cc(OC)c2)c2ccccc21. The molecule has 0 fully saturated rings. The summed E-state index contributed by atoms with van der Waals surface area (Å²) in [5.74, 6) is 0.396. The van der Waals surface area contributed by atoms with Gasteiger partial charge in [0.1, 0.15) is 11.5 Å². The first kappa shape index (κ1) is 22.3. The fourth-order valence-electron chi connectivity index (χ4n) is 3.46. The van der Waals surface area contributed by atoms with Crippen molar-refractivity contribution in [3.63, 3.8) is 0 Å². The predicted molar refractivity (Wildman–Crippen MR) is 120 cm³/mol. The molecule has 8 nitrogen and oxygen atoms in total. The van der Waals surface area contributed by atoms with Crippen LogP contribution >= 0.6 is 0 Å². The number of hydrogen-bond acceptors (Lipinski definition) is 6. The van der Waals surface area contributed by atoms with Crippen LogP contribution in [-0.4, -0.2) is 54.3 Å². The summed E-state index contributed by atoms with van der Waals surface area (Å²) in [6, 6.07) is 12.4. The van der Waals surface area contributed by atoms with Crippen molar-refractivity contribution >= 4 is 22.5 Å². The molecule has 1 heterocycles. The van der Waals surface area contributed by atoms with E-state index in [0.29, 0.717) is 18.0 Å². The van der Waals surface area contributed by atoms with E-state index in [1.807, 2.05) is 24.3 Å². The van der Waals surface area contributed by atoms with E-state index in [1.165, 1.54) is 14.2 Å². The van der Waals surface area contributed by atoms with Crippen molar-refractivity contribution in [2.75, 3.05) is 33.9 Å². The summed E-state index contributed by atoms with van der Waals surface area (Å²) in [5, 5.41) is 19.6. The van der Waals surface area contributed by atoms with Gasteiger partial charge < -0.3 is 24.0 Å². The summed E-state index contributed by atoms with van der Waals surface area (Å²) in [6.07, 6.45) is 0. The first-order chi connectivity index (χ1) is 15.0. The molecule has 0 atom stereocenters. The minimum absolute atomic E-state index is 0.00636. The van der Waals surface area contributed by atoms with Crippen molar-refractivity contribution in [3.05, 3.63) is 48.0 Å². The minimum Gasteiger partial charge on any atom is -0.497 e. The Bertz CT molecular complexity index is 1060. The van der Waals surface area contributed by atoms with Crippen LogP contribution < -0.4 is 9.47 Å². The van der Waals surface area contributed by atoms with Crippen LogP contribution in [0.25, 0.3) is 10.9 Å². The Hall–Kier alpha value is -3.39. The molecule has 0 aliphatic heterocycles. The van der Waals surface area contributed by atoms with E-state index < -0.39 is 5.91 Å².